The third-order valence-electron chi connectivity index (χ3n) is 4.27. The molecule has 1 fully saturated rings. The van der Waals surface area contributed by atoms with Crippen molar-refractivity contribution in [3.8, 4) is 5.75 Å². The number of ether oxygens (including phenoxy) is 1. The van der Waals surface area contributed by atoms with E-state index in [2.05, 4.69) is 6.92 Å². The highest BCUT2D eigenvalue weighted by Crippen LogP contribution is 2.33. The third-order valence-corrected chi connectivity index (χ3v) is 4.27. The molecule has 1 aromatic rings. The van der Waals surface area contributed by atoms with Crippen LogP contribution in [-0.4, -0.2) is 11.2 Å². The van der Waals surface area contributed by atoms with E-state index in [0.29, 0.717) is 6.10 Å². The molecular formula is C17H26O2. The summed E-state index contributed by atoms with van der Waals surface area (Å²) < 4.78 is 6.18. The van der Waals surface area contributed by atoms with E-state index in [1.54, 1.807) is 0 Å². The van der Waals surface area contributed by atoms with Gasteiger partial charge in [-0.1, -0.05) is 44.9 Å². The summed E-state index contributed by atoms with van der Waals surface area (Å²) in [6.07, 6.45) is 6.80. The van der Waals surface area contributed by atoms with Crippen LogP contribution in [0.25, 0.3) is 0 Å². The first-order chi connectivity index (χ1) is 9.24. The number of aliphatic hydroxyl groups is 1. The van der Waals surface area contributed by atoms with Gasteiger partial charge in [-0.25, -0.2) is 0 Å². The van der Waals surface area contributed by atoms with Crippen LogP contribution >= 0.6 is 0 Å². The number of rotatable bonds is 5. The van der Waals surface area contributed by atoms with E-state index in [9.17, 15) is 5.11 Å². The monoisotopic (exact) mass is 262 g/mol. The van der Waals surface area contributed by atoms with Gasteiger partial charge in [0.05, 0.1) is 12.2 Å². The van der Waals surface area contributed by atoms with E-state index in [0.717, 1.165) is 36.5 Å². The molecule has 0 amide bonds. The maximum atomic E-state index is 10.1. The highest BCUT2D eigenvalue weighted by Gasteiger charge is 2.23. The van der Waals surface area contributed by atoms with Gasteiger partial charge in [0.2, 0.25) is 0 Å². The lowest BCUT2D eigenvalue weighted by atomic mass is 9.85. The van der Waals surface area contributed by atoms with Crippen LogP contribution in [0.4, 0.5) is 0 Å². The largest absolute Gasteiger partial charge is 0.490 e. The molecule has 0 spiro atoms. The van der Waals surface area contributed by atoms with E-state index in [1.807, 2.05) is 31.2 Å². The summed E-state index contributed by atoms with van der Waals surface area (Å²) >= 11 is 0. The molecule has 0 saturated heterocycles. The van der Waals surface area contributed by atoms with Crippen molar-refractivity contribution in [1.82, 2.24) is 0 Å². The fourth-order valence-corrected chi connectivity index (χ4v) is 2.98. The van der Waals surface area contributed by atoms with Crippen molar-refractivity contribution in [3.05, 3.63) is 29.8 Å². The van der Waals surface area contributed by atoms with Gasteiger partial charge in [0.15, 0.2) is 0 Å². The van der Waals surface area contributed by atoms with Crippen LogP contribution in [0.5, 0.6) is 5.75 Å². The summed E-state index contributed by atoms with van der Waals surface area (Å²) in [6.45, 7) is 4.26. The summed E-state index contributed by atoms with van der Waals surface area (Å²) in [7, 11) is 0. The molecule has 3 atom stereocenters. The van der Waals surface area contributed by atoms with Crippen molar-refractivity contribution < 1.29 is 9.84 Å². The van der Waals surface area contributed by atoms with Crippen LogP contribution in [-0.2, 0) is 0 Å². The lowest BCUT2D eigenvalue weighted by Crippen LogP contribution is -2.25. The molecule has 1 saturated carbocycles. The molecule has 2 unspecified atom stereocenters. The van der Waals surface area contributed by atoms with Gasteiger partial charge in [0.1, 0.15) is 5.75 Å². The Morgan fingerprint density at radius 1 is 1.26 bits per heavy atom. The number of aliphatic hydroxyl groups excluding tert-OH is 1. The molecule has 2 nitrogen and oxygen atoms in total. The molecule has 2 heteroatoms. The molecule has 0 bridgehead atoms. The Kier molecular flexibility index (Phi) is 5.26. The molecule has 0 radical (unpaired) electrons. The first kappa shape index (κ1) is 14.4. The Bertz CT molecular complexity index is 389. The number of para-hydroxylation sites is 1. The van der Waals surface area contributed by atoms with E-state index in [1.165, 1.54) is 19.3 Å². The molecule has 19 heavy (non-hydrogen) atoms. The maximum Gasteiger partial charge on any atom is 0.125 e. The predicted molar refractivity (Wildman–Crippen MR) is 78.4 cm³/mol. The van der Waals surface area contributed by atoms with Crippen LogP contribution < -0.4 is 4.74 Å². The molecule has 2 rings (SSSR count). The van der Waals surface area contributed by atoms with Crippen molar-refractivity contribution in [2.75, 3.05) is 0 Å². The summed E-state index contributed by atoms with van der Waals surface area (Å²) in [5.41, 5.74) is 0.934. The zero-order valence-corrected chi connectivity index (χ0v) is 12.1. The van der Waals surface area contributed by atoms with E-state index in [4.69, 9.17) is 4.74 Å². The highest BCUT2D eigenvalue weighted by atomic mass is 16.5. The van der Waals surface area contributed by atoms with Gasteiger partial charge in [0, 0.05) is 5.56 Å². The molecule has 0 heterocycles. The fourth-order valence-electron chi connectivity index (χ4n) is 2.98. The first-order valence-electron chi connectivity index (χ1n) is 7.68. The highest BCUT2D eigenvalue weighted by molar-refractivity contribution is 5.35. The zero-order chi connectivity index (χ0) is 13.7. The van der Waals surface area contributed by atoms with Crippen molar-refractivity contribution >= 4 is 0 Å². The van der Waals surface area contributed by atoms with Crippen LogP contribution in [0.3, 0.4) is 0 Å². The Morgan fingerprint density at radius 3 is 2.79 bits per heavy atom. The van der Waals surface area contributed by atoms with Gasteiger partial charge in [-0.15, -0.1) is 0 Å². The molecular weight excluding hydrogens is 236 g/mol. The van der Waals surface area contributed by atoms with E-state index in [-0.39, 0.29) is 0 Å². The molecule has 1 aliphatic rings. The average Bonchev–Trinajstić information content (AvgIpc) is 2.47. The van der Waals surface area contributed by atoms with Crippen LogP contribution in [0.1, 0.15) is 64.0 Å². The lowest BCUT2D eigenvalue weighted by Gasteiger charge is -2.30. The molecule has 1 N–H and O–H groups in total. The summed E-state index contributed by atoms with van der Waals surface area (Å²) in [6, 6.07) is 7.92. The molecule has 1 aromatic carbocycles. The van der Waals surface area contributed by atoms with Crippen molar-refractivity contribution in [3.63, 3.8) is 0 Å². The Morgan fingerprint density at radius 2 is 2.05 bits per heavy atom. The number of hydrogen-bond acceptors (Lipinski definition) is 2. The SMILES string of the molecule is CCC1CCCC(Oc2ccccc2[C@H](O)CC)C1. The number of hydrogen-bond donors (Lipinski definition) is 1. The van der Waals surface area contributed by atoms with Crippen LogP contribution in [0.15, 0.2) is 24.3 Å². The van der Waals surface area contributed by atoms with Gasteiger partial charge in [-0.3, -0.25) is 0 Å². The minimum Gasteiger partial charge on any atom is -0.490 e. The normalized spacial score (nSPS) is 25.0. The minimum absolute atomic E-state index is 0.323. The van der Waals surface area contributed by atoms with Crippen LogP contribution in [0.2, 0.25) is 0 Å². The van der Waals surface area contributed by atoms with Gasteiger partial charge in [-0.2, -0.15) is 0 Å². The maximum absolute atomic E-state index is 10.1. The van der Waals surface area contributed by atoms with Gasteiger partial charge in [0.25, 0.3) is 0 Å². The average molecular weight is 262 g/mol. The molecule has 0 aliphatic heterocycles. The smallest absolute Gasteiger partial charge is 0.125 e. The Labute approximate surface area is 116 Å². The Balaban J connectivity index is 2.06. The second kappa shape index (κ2) is 6.95. The molecule has 1 aliphatic carbocycles. The fraction of sp³-hybridized carbons (Fsp3) is 0.647. The third kappa shape index (κ3) is 3.73. The van der Waals surface area contributed by atoms with Gasteiger partial charge >= 0.3 is 0 Å². The number of benzene rings is 1. The summed E-state index contributed by atoms with van der Waals surface area (Å²) in [4.78, 5) is 0. The molecule has 0 aromatic heterocycles. The summed E-state index contributed by atoms with van der Waals surface area (Å²) in [5, 5.41) is 10.1. The van der Waals surface area contributed by atoms with Crippen molar-refractivity contribution in [2.24, 2.45) is 5.92 Å². The first-order valence-corrected chi connectivity index (χ1v) is 7.68. The lowest BCUT2D eigenvalue weighted by molar-refractivity contribution is 0.112. The Hall–Kier alpha value is -1.02. The standard InChI is InChI=1S/C17H26O2/c1-3-13-8-7-9-14(12-13)19-17-11-6-5-10-15(17)16(18)4-2/h5-6,10-11,13-14,16,18H,3-4,7-9,12H2,1-2H3/t13?,14?,16-/m1/s1. The predicted octanol–water partition coefficient (Wildman–Crippen LogP) is 4.48. The second-order valence-electron chi connectivity index (χ2n) is 5.64. The van der Waals surface area contributed by atoms with E-state index < -0.39 is 6.10 Å². The van der Waals surface area contributed by atoms with E-state index >= 15 is 0 Å². The topological polar surface area (TPSA) is 29.5 Å². The second-order valence-corrected chi connectivity index (χ2v) is 5.64. The van der Waals surface area contributed by atoms with Gasteiger partial charge in [-0.05, 0) is 37.7 Å². The van der Waals surface area contributed by atoms with Crippen LogP contribution in [0, 0.1) is 5.92 Å². The van der Waals surface area contributed by atoms with Gasteiger partial charge < -0.3 is 9.84 Å². The molecule has 106 valence electrons. The van der Waals surface area contributed by atoms with Crippen molar-refractivity contribution in [2.45, 2.75) is 64.6 Å². The quantitative estimate of drug-likeness (QED) is 0.848. The summed E-state index contributed by atoms with van der Waals surface area (Å²) in [5.74, 6) is 1.68. The van der Waals surface area contributed by atoms with Crippen molar-refractivity contribution in [1.29, 1.82) is 0 Å². The minimum atomic E-state index is -0.415. The zero-order valence-electron chi connectivity index (χ0n) is 12.1.